The normalized spacial score (nSPS) is 10.6. The van der Waals surface area contributed by atoms with Crippen LogP contribution in [0.15, 0.2) is 60.5 Å². The summed E-state index contributed by atoms with van der Waals surface area (Å²) in [6.45, 7) is 8.85. The van der Waals surface area contributed by atoms with Crippen LogP contribution >= 0.6 is 11.3 Å². The van der Waals surface area contributed by atoms with Crippen LogP contribution in [0.1, 0.15) is 22.4 Å². The summed E-state index contributed by atoms with van der Waals surface area (Å²) in [4.78, 5) is 19.1. The summed E-state index contributed by atoms with van der Waals surface area (Å²) in [5, 5.41) is 2.94. The highest BCUT2D eigenvalue weighted by molar-refractivity contribution is 7.13. The number of aryl methyl sites for hydroxylation is 2. The molecule has 1 amide bonds. The van der Waals surface area contributed by atoms with Gasteiger partial charge in [0.15, 0.2) is 0 Å². The van der Waals surface area contributed by atoms with Gasteiger partial charge < -0.3 is 9.64 Å². The van der Waals surface area contributed by atoms with Gasteiger partial charge in [0.25, 0.3) is 0 Å². The molecular formula is C24H26N2O2S. The van der Waals surface area contributed by atoms with Crippen LogP contribution in [0, 0.1) is 13.8 Å². The third kappa shape index (κ3) is 5.55. The fourth-order valence-electron chi connectivity index (χ4n) is 3.06. The Morgan fingerprint density at radius 1 is 1.21 bits per heavy atom. The van der Waals surface area contributed by atoms with Crippen molar-refractivity contribution in [3.05, 3.63) is 82.9 Å². The maximum atomic E-state index is 12.6. The number of thiazole rings is 1. The Hall–Kier alpha value is -2.92. The number of ether oxygens (including phenoxy) is 1. The van der Waals surface area contributed by atoms with E-state index in [4.69, 9.17) is 4.74 Å². The van der Waals surface area contributed by atoms with E-state index >= 15 is 0 Å². The zero-order chi connectivity index (χ0) is 20.8. The molecule has 0 radical (unpaired) electrons. The molecule has 0 bridgehead atoms. The Bertz CT molecular complexity index is 992. The van der Waals surface area contributed by atoms with E-state index in [2.05, 4.69) is 43.6 Å². The van der Waals surface area contributed by atoms with Gasteiger partial charge in [-0.25, -0.2) is 4.98 Å². The predicted molar refractivity (Wildman–Crippen MR) is 119 cm³/mol. The minimum atomic E-state index is 0.0504. The van der Waals surface area contributed by atoms with E-state index in [0.29, 0.717) is 19.6 Å². The van der Waals surface area contributed by atoms with E-state index in [1.807, 2.05) is 36.7 Å². The van der Waals surface area contributed by atoms with Gasteiger partial charge in [-0.3, -0.25) is 4.79 Å². The van der Waals surface area contributed by atoms with Gasteiger partial charge in [-0.1, -0.05) is 48.6 Å². The number of likely N-dealkylation sites (N-methyl/N-ethyl adjacent to an activating group) is 1. The van der Waals surface area contributed by atoms with E-state index in [1.165, 1.54) is 11.1 Å². The van der Waals surface area contributed by atoms with Gasteiger partial charge in [-0.2, -0.15) is 0 Å². The first-order valence-electron chi connectivity index (χ1n) is 9.55. The molecule has 0 fully saturated rings. The highest BCUT2D eigenvalue weighted by Gasteiger charge is 2.14. The van der Waals surface area contributed by atoms with Crippen LogP contribution < -0.4 is 4.74 Å². The van der Waals surface area contributed by atoms with Crippen LogP contribution in [0.2, 0.25) is 0 Å². The molecule has 0 aliphatic carbocycles. The van der Waals surface area contributed by atoms with Crippen LogP contribution in [-0.4, -0.2) is 29.4 Å². The molecule has 1 aromatic heterocycles. The molecule has 0 unspecified atom stereocenters. The van der Waals surface area contributed by atoms with Crippen molar-refractivity contribution in [2.75, 3.05) is 13.7 Å². The molecule has 4 nitrogen and oxygen atoms in total. The summed E-state index contributed by atoms with van der Waals surface area (Å²) in [7, 11) is 1.82. The van der Waals surface area contributed by atoms with Gasteiger partial charge in [0.1, 0.15) is 17.4 Å². The van der Waals surface area contributed by atoms with Crippen LogP contribution in [-0.2, 0) is 17.8 Å². The average Bonchev–Trinajstić information content (AvgIpc) is 3.15. The van der Waals surface area contributed by atoms with Crippen molar-refractivity contribution in [3.8, 4) is 16.3 Å². The molecule has 0 saturated carbocycles. The van der Waals surface area contributed by atoms with Crippen molar-refractivity contribution in [1.82, 2.24) is 9.88 Å². The zero-order valence-electron chi connectivity index (χ0n) is 17.1. The Kier molecular flexibility index (Phi) is 6.83. The Morgan fingerprint density at radius 2 is 1.97 bits per heavy atom. The molecule has 3 rings (SSSR count). The van der Waals surface area contributed by atoms with Gasteiger partial charge in [0.2, 0.25) is 5.91 Å². The first-order valence-corrected chi connectivity index (χ1v) is 10.4. The lowest BCUT2D eigenvalue weighted by Crippen LogP contribution is -2.27. The highest BCUT2D eigenvalue weighted by atomic mass is 32.1. The monoisotopic (exact) mass is 406 g/mol. The molecule has 150 valence electrons. The second-order valence-corrected chi connectivity index (χ2v) is 7.99. The van der Waals surface area contributed by atoms with Crippen LogP contribution in [0.4, 0.5) is 0 Å². The summed E-state index contributed by atoms with van der Waals surface area (Å²) in [6.07, 6.45) is 2.02. The fourth-order valence-corrected chi connectivity index (χ4v) is 3.97. The molecule has 0 aliphatic rings. The zero-order valence-corrected chi connectivity index (χ0v) is 18.0. The standard InChI is InChI=1S/C24H26N2O2S/c1-5-12-28-21-9-7-19(8-10-21)15-26(4)23(27)14-20-16-29-24(25-20)22-11-6-17(2)13-18(22)3/h5-11,13,16H,1,12,14-15H2,2-4H3. The molecule has 1 heterocycles. The van der Waals surface area contributed by atoms with Crippen LogP contribution in [0.5, 0.6) is 5.75 Å². The number of hydrogen-bond donors (Lipinski definition) is 0. The van der Waals surface area contributed by atoms with E-state index < -0.39 is 0 Å². The van der Waals surface area contributed by atoms with E-state index in [9.17, 15) is 4.79 Å². The third-order valence-electron chi connectivity index (χ3n) is 4.63. The maximum absolute atomic E-state index is 12.6. The Balaban J connectivity index is 1.60. The number of aromatic nitrogens is 1. The molecule has 0 saturated heterocycles. The summed E-state index contributed by atoms with van der Waals surface area (Å²) >= 11 is 1.59. The molecular weight excluding hydrogens is 380 g/mol. The predicted octanol–water partition coefficient (Wildman–Crippen LogP) is 5.19. The van der Waals surface area contributed by atoms with E-state index in [1.54, 1.807) is 22.3 Å². The van der Waals surface area contributed by atoms with Gasteiger partial charge >= 0.3 is 0 Å². The van der Waals surface area contributed by atoms with Crippen molar-refractivity contribution in [3.63, 3.8) is 0 Å². The van der Waals surface area contributed by atoms with Crippen molar-refractivity contribution >= 4 is 17.2 Å². The lowest BCUT2D eigenvalue weighted by molar-refractivity contribution is -0.129. The van der Waals surface area contributed by atoms with Gasteiger partial charge in [-0.05, 0) is 37.1 Å². The number of benzene rings is 2. The molecule has 0 aliphatic heterocycles. The van der Waals surface area contributed by atoms with Crippen molar-refractivity contribution in [2.45, 2.75) is 26.8 Å². The third-order valence-corrected chi connectivity index (χ3v) is 5.56. The highest BCUT2D eigenvalue weighted by Crippen LogP contribution is 2.27. The molecule has 3 aromatic rings. The molecule has 29 heavy (non-hydrogen) atoms. The van der Waals surface area contributed by atoms with Crippen molar-refractivity contribution in [2.24, 2.45) is 0 Å². The summed E-state index contributed by atoms with van der Waals surface area (Å²) in [5.41, 5.74) is 5.44. The number of carbonyl (C=O) groups excluding carboxylic acids is 1. The van der Waals surface area contributed by atoms with Crippen LogP contribution in [0.3, 0.4) is 0 Å². The molecule has 0 N–H and O–H groups in total. The average molecular weight is 407 g/mol. The summed E-state index contributed by atoms with van der Waals surface area (Å²) in [5.74, 6) is 0.846. The number of nitrogens with zero attached hydrogens (tertiary/aromatic N) is 2. The second-order valence-electron chi connectivity index (χ2n) is 7.13. The number of amides is 1. The van der Waals surface area contributed by atoms with Gasteiger partial charge in [0, 0.05) is 24.5 Å². The smallest absolute Gasteiger partial charge is 0.228 e. The number of rotatable bonds is 8. The van der Waals surface area contributed by atoms with Crippen LogP contribution in [0.25, 0.3) is 10.6 Å². The van der Waals surface area contributed by atoms with Gasteiger partial charge in [-0.15, -0.1) is 11.3 Å². The maximum Gasteiger partial charge on any atom is 0.228 e. The van der Waals surface area contributed by atoms with Gasteiger partial charge in [0.05, 0.1) is 12.1 Å². The van der Waals surface area contributed by atoms with E-state index in [0.717, 1.165) is 27.6 Å². The lowest BCUT2D eigenvalue weighted by atomic mass is 10.1. The lowest BCUT2D eigenvalue weighted by Gasteiger charge is -2.17. The molecule has 5 heteroatoms. The summed E-state index contributed by atoms with van der Waals surface area (Å²) in [6, 6.07) is 14.1. The minimum Gasteiger partial charge on any atom is -0.490 e. The molecule has 0 spiro atoms. The SMILES string of the molecule is C=CCOc1ccc(CN(C)C(=O)Cc2csc(-c3ccc(C)cc3C)n2)cc1. The quantitative estimate of drug-likeness (QED) is 0.483. The number of hydrogen-bond acceptors (Lipinski definition) is 4. The van der Waals surface area contributed by atoms with E-state index in [-0.39, 0.29) is 5.91 Å². The second kappa shape index (κ2) is 9.52. The fraction of sp³-hybridized carbons (Fsp3) is 0.250. The summed E-state index contributed by atoms with van der Waals surface area (Å²) < 4.78 is 5.49. The Morgan fingerprint density at radius 3 is 2.66 bits per heavy atom. The first-order chi connectivity index (χ1) is 14.0. The first kappa shape index (κ1) is 20.8. The van der Waals surface area contributed by atoms with Crippen molar-refractivity contribution in [1.29, 1.82) is 0 Å². The largest absolute Gasteiger partial charge is 0.490 e. The molecule has 0 atom stereocenters. The molecule has 2 aromatic carbocycles. The number of carbonyl (C=O) groups is 1. The topological polar surface area (TPSA) is 42.4 Å². The minimum absolute atomic E-state index is 0.0504. The Labute approximate surface area is 176 Å². The van der Waals surface area contributed by atoms with Crippen molar-refractivity contribution < 1.29 is 9.53 Å².